The third-order valence-electron chi connectivity index (χ3n) is 5.06. The number of carbonyl (C=O) groups is 1. The van der Waals surface area contributed by atoms with Crippen LogP contribution in [0.4, 0.5) is 5.69 Å². The van der Waals surface area contributed by atoms with Crippen molar-refractivity contribution in [3.63, 3.8) is 0 Å². The van der Waals surface area contributed by atoms with Crippen molar-refractivity contribution in [2.45, 2.75) is 23.8 Å². The highest BCUT2D eigenvalue weighted by atomic mass is 32.2. The van der Waals surface area contributed by atoms with Gasteiger partial charge >= 0.3 is 0 Å². The predicted octanol–water partition coefficient (Wildman–Crippen LogP) is 1.23. The van der Waals surface area contributed by atoms with E-state index in [0.29, 0.717) is 11.4 Å². The van der Waals surface area contributed by atoms with E-state index in [1.807, 2.05) is 0 Å². The fourth-order valence-electron chi connectivity index (χ4n) is 3.26. The number of piperidine rings is 1. The molecule has 0 radical (unpaired) electrons. The Morgan fingerprint density at radius 1 is 1.21 bits per heavy atom. The van der Waals surface area contributed by atoms with Gasteiger partial charge in [0.1, 0.15) is 5.76 Å². The van der Waals surface area contributed by atoms with Crippen LogP contribution in [-0.2, 0) is 14.8 Å². The highest BCUT2D eigenvalue weighted by Gasteiger charge is 2.31. The fraction of sp³-hybridized carbons (Fsp3) is 0.350. The minimum atomic E-state index is -3.56. The molecule has 0 bridgehead atoms. The molecule has 0 unspecified atom stereocenters. The average molecular weight is 405 g/mol. The fourth-order valence-corrected chi connectivity index (χ4v) is 4.68. The molecule has 1 fully saturated rings. The predicted molar refractivity (Wildman–Crippen MR) is 107 cm³/mol. The van der Waals surface area contributed by atoms with Crippen molar-refractivity contribution in [2.24, 2.45) is 0 Å². The molecule has 2 N–H and O–H groups in total. The molecular weight excluding hydrogens is 378 g/mol. The van der Waals surface area contributed by atoms with Crippen LogP contribution in [0, 0.1) is 0 Å². The van der Waals surface area contributed by atoms with Crippen LogP contribution < -0.4 is 10.2 Å². The summed E-state index contributed by atoms with van der Waals surface area (Å²) in [4.78, 5) is 13.6. The first-order valence-electron chi connectivity index (χ1n) is 9.28. The summed E-state index contributed by atoms with van der Waals surface area (Å²) in [6, 6.07) is 9.75. The number of quaternary nitrogens is 1. The van der Waals surface area contributed by atoms with Crippen molar-refractivity contribution in [2.75, 3.05) is 32.5 Å². The first kappa shape index (κ1) is 20.3. The summed E-state index contributed by atoms with van der Waals surface area (Å²) in [5, 5.41) is 2.70. The Balaban J connectivity index is 1.63. The second kappa shape index (κ2) is 8.72. The Morgan fingerprint density at radius 2 is 1.89 bits per heavy atom. The molecule has 7 nitrogen and oxygen atoms in total. The first-order valence-corrected chi connectivity index (χ1v) is 10.7. The summed E-state index contributed by atoms with van der Waals surface area (Å²) in [5.41, 5.74) is 0.526. The first-order chi connectivity index (χ1) is 13.4. The van der Waals surface area contributed by atoms with Gasteiger partial charge in [-0.05, 0) is 42.5 Å². The molecule has 2 aromatic rings. The molecule has 2 heterocycles. The molecule has 1 saturated heterocycles. The van der Waals surface area contributed by atoms with Crippen molar-refractivity contribution in [1.29, 1.82) is 0 Å². The standard InChI is InChI=1S/C20H25N3O4S/c1-22-13-11-17(12-14-22)23(2)28(25,26)19-8-5-16(6-9-19)21-20(24)10-7-18-4-3-15-27-18/h3-10,15,17H,11-14H2,1-2H3,(H,21,24)/p+1/b10-7+. The lowest BCUT2D eigenvalue weighted by Gasteiger charge is -2.32. The number of anilines is 1. The van der Waals surface area contributed by atoms with E-state index in [2.05, 4.69) is 12.4 Å². The summed E-state index contributed by atoms with van der Waals surface area (Å²) >= 11 is 0. The highest BCUT2D eigenvalue weighted by Crippen LogP contribution is 2.21. The van der Waals surface area contributed by atoms with E-state index in [0.717, 1.165) is 25.9 Å². The SMILES string of the molecule is CN(C1CC[NH+](C)CC1)S(=O)(=O)c1ccc(NC(=O)/C=C/c2ccco2)cc1. The lowest BCUT2D eigenvalue weighted by Crippen LogP contribution is -3.10. The number of nitrogens with one attached hydrogen (secondary N) is 2. The van der Waals surface area contributed by atoms with Crippen LogP contribution >= 0.6 is 0 Å². The molecule has 0 spiro atoms. The molecule has 150 valence electrons. The number of amides is 1. The van der Waals surface area contributed by atoms with Crippen LogP contribution in [0.15, 0.2) is 58.1 Å². The summed E-state index contributed by atoms with van der Waals surface area (Å²) in [7, 11) is 0.219. The van der Waals surface area contributed by atoms with E-state index in [9.17, 15) is 13.2 Å². The number of sulfonamides is 1. The topological polar surface area (TPSA) is 84.1 Å². The van der Waals surface area contributed by atoms with Gasteiger partial charge in [0.25, 0.3) is 0 Å². The van der Waals surface area contributed by atoms with Crippen molar-refractivity contribution in [3.05, 3.63) is 54.5 Å². The maximum Gasteiger partial charge on any atom is 0.248 e. The largest absolute Gasteiger partial charge is 0.465 e. The van der Waals surface area contributed by atoms with Gasteiger partial charge < -0.3 is 14.6 Å². The maximum atomic E-state index is 12.9. The zero-order valence-electron chi connectivity index (χ0n) is 16.1. The highest BCUT2D eigenvalue weighted by molar-refractivity contribution is 7.89. The number of furan rings is 1. The van der Waals surface area contributed by atoms with Crippen molar-refractivity contribution in [3.8, 4) is 0 Å². The van der Waals surface area contributed by atoms with Crippen molar-refractivity contribution >= 4 is 27.7 Å². The lowest BCUT2D eigenvalue weighted by atomic mass is 10.1. The molecule has 0 saturated carbocycles. The van der Waals surface area contributed by atoms with Crippen LogP contribution in [-0.4, -0.2) is 51.9 Å². The van der Waals surface area contributed by atoms with Gasteiger partial charge in [-0.2, -0.15) is 4.31 Å². The van der Waals surface area contributed by atoms with E-state index in [4.69, 9.17) is 4.42 Å². The zero-order chi connectivity index (χ0) is 20.1. The van der Waals surface area contributed by atoms with Crippen LogP contribution in [0.5, 0.6) is 0 Å². The summed E-state index contributed by atoms with van der Waals surface area (Å²) < 4.78 is 32.4. The molecule has 3 rings (SSSR count). The number of hydrogen-bond donors (Lipinski definition) is 2. The molecular formula is C20H26N3O4S+. The normalized spacial score (nSPS) is 20.5. The van der Waals surface area contributed by atoms with Crippen LogP contribution in [0.1, 0.15) is 18.6 Å². The molecule has 28 heavy (non-hydrogen) atoms. The molecule has 8 heteroatoms. The Morgan fingerprint density at radius 3 is 2.50 bits per heavy atom. The quantitative estimate of drug-likeness (QED) is 0.710. The smallest absolute Gasteiger partial charge is 0.248 e. The second-order valence-corrected chi connectivity index (χ2v) is 9.07. The third kappa shape index (κ3) is 4.89. The molecule has 0 aliphatic carbocycles. The minimum absolute atomic E-state index is 0.0276. The molecule has 0 atom stereocenters. The monoisotopic (exact) mass is 404 g/mol. The van der Waals surface area contributed by atoms with Gasteiger partial charge in [-0.3, -0.25) is 4.79 Å². The van der Waals surface area contributed by atoms with Gasteiger partial charge in [0.15, 0.2) is 0 Å². The third-order valence-corrected chi connectivity index (χ3v) is 6.99. The summed E-state index contributed by atoms with van der Waals surface area (Å²) in [6.45, 7) is 1.95. The Bertz CT molecular complexity index is 913. The van der Waals surface area contributed by atoms with E-state index in [-0.39, 0.29) is 16.8 Å². The van der Waals surface area contributed by atoms with Gasteiger partial charge in [-0.15, -0.1) is 0 Å². The van der Waals surface area contributed by atoms with E-state index in [1.165, 1.54) is 33.7 Å². The number of hydrogen-bond acceptors (Lipinski definition) is 4. The minimum Gasteiger partial charge on any atom is -0.465 e. The van der Waals surface area contributed by atoms with E-state index < -0.39 is 10.0 Å². The van der Waals surface area contributed by atoms with E-state index >= 15 is 0 Å². The van der Waals surface area contributed by atoms with Crippen molar-refractivity contribution in [1.82, 2.24) is 4.31 Å². The lowest BCUT2D eigenvalue weighted by molar-refractivity contribution is -0.885. The Labute approximate surface area is 165 Å². The summed E-state index contributed by atoms with van der Waals surface area (Å²) in [6.07, 6.45) is 6.17. The zero-order valence-corrected chi connectivity index (χ0v) is 16.9. The average Bonchev–Trinajstić information content (AvgIpc) is 3.20. The number of likely N-dealkylation sites (tertiary alicyclic amines) is 1. The van der Waals surface area contributed by atoms with Gasteiger partial charge in [-0.25, -0.2) is 8.42 Å². The number of benzene rings is 1. The maximum absolute atomic E-state index is 12.9. The Hall–Kier alpha value is -2.42. The molecule has 1 amide bonds. The van der Waals surface area contributed by atoms with Crippen LogP contribution in [0.3, 0.4) is 0 Å². The Kier molecular flexibility index (Phi) is 6.33. The molecule has 1 aromatic heterocycles. The van der Waals surface area contributed by atoms with E-state index in [1.54, 1.807) is 37.4 Å². The number of nitrogens with zero attached hydrogens (tertiary/aromatic N) is 1. The van der Waals surface area contributed by atoms with Crippen molar-refractivity contribution < 1.29 is 22.5 Å². The number of carbonyl (C=O) groups excluding carboxylic acids is 1. The summed E-state index contributed by atoms with van der Waals surface area (Å²) in [5.74, 6) is 0.257. The van der Waals surface area contributed by atoms with Gasteiger partial charge in [0.2, 0.25) is 15.9 Å². The molecule has 1 aliphatic heterocycles. The van der Waals surface area contributed by atoms with Gasteiger partial charge in [0, 0.05) is 37.7 Å². The van der Waals surface area contributed by atoms with Gasteiger partial charge in [-0.1, -0.05) is 0 Å². The molecule has 1 aromatic carbocycles. The van der Waals surface area contributed by atoms with Crippen LogP contribution in [0.25, 0.3) is 6.08 Å². The molecule has 1 aliphatic rings. The van der Waals surface area contributed by atoms with Gasteiger partial charge in [0.05, 0.1) is 31.3 Å². The van der Waals surface area contributed by atoms with Crippen LogP contribution in [0.2, 0.25) is 0 Å². The number of rotatable bonds is 6. The second-order valence-electron chi connectivity index (χ2n) is 7.07.